The number of rotatable bonds is 14. The van der Waals surface area contributed by atoms with Gasteiger partial charge in [-0.3, -0.25) is 0 Å². The fourth-order valence-electron chi connectivity index (χ4n) is 11.2. The van der Waals surface area contributed by atoms with E-state index in [4.69, 9.17) is 0 Å². The lowest BCUT2D eigenvalue weighted by Crippen LogP contribution is -2.54. The van der Waals surface area contributed by atoms with Crippen molar-refractivity contribution in [2.75, 3.05) is 0 Å². The van der Waals surface area contributed by atoms with Gasteiger partial charge in [0, 0.05) is 0 Å². The fourth-order valence-corrected chi connectivity index (χ4v) is 27.8. The maximum absolute atomic E-state index is 3.08. The van der Waals surface area contributed by atoms with Crippen molar-refractivity contribution in [1.29, 1.82) is 0 Å². The first-order valence-corrected chi connectivity index (χ1v) is 27.1. The van der Waals surface area contributed by atoms with Crippen LogP contribution in [0, 0.1) is 11.8 Å². The van der Waals surface area contributed by atoms with Crippen molar-refractivity contribution in [2.45, 2.75) is 192 Å². The maximum Gasteiger partial charge on any atom is 0.0855 e. The third-order valence-electron chi connectivity index (χ3n) is 14.4. The minimum atomic E-state index is -1.94. The van der Waals surface area contributed by atoms with Crippen LogP contribution in [0.25, 0.3) is 0 Å². The Bertz CT molecular complexity index is 935. The molecule has 0 amide bonds. The Morgan fingerprint density at radius 1 is 0.512 bits per heavy atom. The zero-order chi connectivity index (χ0) is 31.4. The second-order valence-corrected chi connectivity index (χ2v) is 31.5. The molecule has 2 fully saturated rings. The van der Waals surface area contributed by atoms with Gasteiger partial charge in [-0.1, -0.05) is 216 Å². The van der Waals surface area contributed by atoms with Gasteiger partial charge in [-0.15, -0.1) is 0 Å². The van der Waals surface area contributed by atoms with Crippen molar-refractivity contribution < 1.29 is 0 Å². The molecule has 4 aliphatic carbocycles. The lowest BCUT2D eigenvalue weighted by Gasteiger charge is -2.56. The minimum Gasteiger partial charge on any atom is -0.0807 e. The van der Waals surface area contributed by atoms with E-state index in [1.54, 1.807) is 0 Å². The average molecular weight is 637 g/mol. The molecule has 0 bridgehead atoms. The van der Waals surface area contributed by atoms with E-state index in [2.05, 4.69) is 93.5 Å². The van der Waals surface area contributed by atoms with Crippen molar-refractivity contribution >= 4 is 24.2 Å². The smallest absolute Gasteiger partial charge is 0.0807 e. The highest BCUT2D eigenvalue weighted by molar-refractivity contribution is 6.91. The number of hydrogen-bond acceptors (Lipinski definition) is 0. The monoisotopic (exact) mass is 636 g/mol. The zero-order valence-electron chi connectivity index (χ0n) is 30.6. The van der Waals surface area contributed by atoms with E-state index < -0.39 is 24.2 Å². The van der Waals surface area contributed by atoms with Gasteiger partial charge in [0.15, 0.2) is 0 Å². The van der Waals surface area contributed by atoms with Gasteiger partial charge in [0.1, 0.15) is 0 Å². The standard InChI is InChI=1S/C40H72Si3/c1-11-41(12-2,13-3)35-27-37(31(7)8)39(29-35)43(33-23-19-17-20-24-33,34-25-21-18-22-26-34)40-30-36(28-38(40)32(9)10)42(14-4,15-5)16-6/h27-34,39-40H,11-26H2,1-10H3. The molecule has 2 unspecified atom stereocenters. The van der Waals surface area contributed by atoms with Crippen molar-refractivity contribution in [2.24, 2.45) is 11.8 Å². The summed E-state index contributed by atoms with van der Waals surface area (Å²) in [5.41, 5.74) is 7.34. The van der Waals surface area contributed by atoms with E-state index in [9.17, 15) is 0 Å². The van der Waals surface area contributed by atoms with Gasteiger partial charge < -0.3 is 0 Å². The van der Waals surface area contributed by atoms with Crippen LogP contribution in [0.15, 0.2) is 45.8 Å². The molecule has 2 saturated carbocycles. The molecule has 43 heavy (non-hydrogen) atoms. The highest BCUT2D eigenvalue weighted by Crippen LogP contribution is 2.66. The molecule has 0 nitrogen and oxygen atoms in total. The Labute approximate surface area is 272 Å². The highest BCUT2D eigenvalue weighted by Gasteiger charge is 2.60. The van der Waals surface area contributed by atoms with E-state index in [0.717, 1.165) is 22.2 Å². The molecule has 0 radical (unpaired) electrons. The lowest BCUT2D eigenvalue weighted by atomic mass is 9.98. The summed E-state index contributed by atoms with van der Waals surface area (Å²) in [6.07, 6.45) is 27.1. The van der Waals surface area contributed by atoms with Crippen LogP contribution in [0.2, 0.25) is 58.4 Å². The third kappa shape index (κ3) is 6.32. The molecule has 4 rings (SSSR count). The van der Waals surface area contributed by atoms with Gasteiger partial charge >= 0.3 is 0 Å². The molecular formula is C40H72Si3. The molecule has 0 saturated heterocycles. The molecule has 0 aromatic carbocycles. The summed E-state index contributed by atoms with van der Waals surface area (Å²) >= 11 is 0. The summed E-state index contributed by atoms with van der Waals surface area (Å²) in [5, 5.41) is 3.79. The van der Waals surface area contributed by atoms with Gasteiger partial charge in [0.2, 0.25) is 0 Å². The Balaban J connectivity index is 2.06. The van der Waals surface area contributed by atoms with Crippen molar-refractivity contribution in [1.82, 2.24) is 0 Å². The number of hydrogen-bond donors (Lipinski definition) is 0. The summed E-state index contributed by atoms with van der Waals surface area (Å²) in [6, 6.07) is 8.52. The Morgan fingerprint density at radius 2 is 0.814 bits per heavy atom. The highest BCUT2D eigenvalue weighted by atomic mass is 28.3. The predicted molar refractivity (Wildman–Crippen MR) is 203 cm³/mol. The molecule has 0 N–H and O–H groups in total. The molecular weight excluding hydrogens is 565 g/mol. The second-order valence-electron chi connectivity index (χ2n) is 16.1. The van der Waals surface area contributed by atoms with E-state index in [-0.39, 0.29) is 0 Å². The van der Waals surface area contributed by atoms with Crippen LogP contribution < -0.4 is 0 Å². The molecule has 2 atom stereocenters. The largest absolute Gasteiger partial charge is 0.0855 e. The van der Waals surface area contributed by atoms with Gasteiger partial charge in [-0.05, 0) is 34.0 Å². The third-order valence-corrected chi connectivity index (χ3v) is 32.7. The predicted octanol–water partition coefficient (Wildman–Crippen LogP) is 14.0. The molecule has 244 valence electrons. The van der Waals surface area contributed by atoms with Gasteiger partial charge in [-0.25, -0.2) is 0 Å². The summed E-state index contributed by atoms with van der Waals surface area (Å²) in [4.78, 5) is 0. The Hall–Kier alpha value is -0.389. The summed E-state index contributed by atoms with van der Waals surface area (Å²) < 4.78 is 0. The van der Waals surface area contributed by atoms with Crippen LogP contribution in [-0.2, 0) is 0 Å². The SMILES string of the molecule is CC[Si](CC)(CC)C1=CC([Si](C2CCCCC2)(C2CCCCC2)C2C=C([Si](CC)(CC)CC)C=C2C(C)C)C(C(C)C)=C1. The van der Waals surface area contributed by atoms with E-state index >= 15 is 0 Å². The molecule has 0 spiro atoms. The second kappa shape index (κ2) is 15.0. The quantitative estimate of drug-likeness (QED) is 0.166. The van der Waals surface area contributed by atoms with E-state index in [1.165, 1.54) is 100 Å². The first kappa shape index (κ1) is 35.5. The van der Waals surface area contributed by atoms with Crippen molar-refractivity contribution in [3.63, 3.8) is 0 Å². The van der Waals surface area contributed by atoms with E-state index in [0.29, 0.717) is 11.8 Å². The minimum absolute atomic E-state index is 0.668. The Morgan fingerprint density at radius 3 is 1.07 bits per heavy atom. The van der Waals surface area contributed by atoms with E-state index in [1.807, 2.05) is 21.5 Å². The molecule has 0 aromatic rings. The van der Waals surface area contributed by atoms with Gasteiger partial charge in [-0.2, -0.15) is 0 Å². The van der Waals surface area contributed by atoms with Crippen LogP contribution >= 0.6 is 0 Å². The average Bonchev–Trinajstić information content (AvgIpc) is 3.69. The number of allylic oxidation sites excluding steroid dienone is 8. The summed E-state index contributed by atoms with van der Waals surface area (Å²) in [7, 11) is -4.84. The Kier molecular flexibility index (Phi) is 12.4. The fraction of sp³-hybridized carbons (Fsp3) is 0.800. The van der Waals surface area contributed by atoms with Crippen LogP contribution in [0.4, 0.5) is 0 Å². The van der Waals surface area contributed by atoms with Crippen LogP contribution in [-0.4, -0.2) is 24.2 Å². The van der Waals surface area contributed by atoms with Gasteiger partial charge in [0.05, 0.1) is 24.2 Å². The van der Waals surface area contributed by atoms with Crippen LogP contribution in [0.1, 0.15) is 133 Å². The zero-order valence-corrected chi connectivity index (χ0v) is 33.6. The summed E-state index contributed by atoms with van der Waals surface area (Å²) in [5.74, 6) is 1.34. The molecule has 0 aromatic heterocycles. The van der Waals surface area contributed by atoms with Crippen molar-refractivity contribution in [3.8, 4) is 0 Å². The summed E-state index contributed by atoms with van der Waals surface area (Å²) in [6.45, 7) is 25.5. The van der Waals surface area contributed by atoms with Crippen molar-refractivity contribution in [3.05, 3.63) is 45.8 Å². The molecule has 0 aliphatic heterocycles. The normalized spacial score (nSPS) is 24.9. The maximum atomic E-state index is 3.08. The lowest BCUT2D eigenvalue weighted by molar-refractivity contribution is 0.441. The molecule has 3 heteroatoms. The van der Waals surface area contributed by atoms with Gasteiger partial charge in [0.25, 0.3) is 0 Å². The first-order chi connectivity index (χ1) is 20.6. The van der Waals surface area contributed by atoms with Crippen LogP contribution in [0.3, 0.4) is 0 Å². The topological polar surface area (TPSA) is 0 Å². The molecule has 0 heterocycles. The van der Waals surface area contributed by atoms with Crippen LogP contribution in [0.5, 0.6) is 0 Å². The molecule has 4 aliphatic rings. The first-order valence-electron chi connectivity index (χ1n) is 19.5.